The van der Waals surface area contributed by atoms with Gasteiger partial charge in [0.1, 0.15) is 0 Å². The highest BCUT2D eigenvalue weighted by Gasteiger charge is 2.06. The number of likely N-dealkylation sites (N-methyl/N-ethyl adjacent to an activating group) is 1. The Labute approximate surface area is 86.6 Å². The molecule has 84 valence electrons. The molecular formula is C10H22N2O2. The van der Waals surface area contributed by atoms with Gasteiger partial charge in [0.25, 0.3) is 0 Å². The van der Waals surface area contributed by atoms with Crippen LogP contribution in [-0.4, -0.2) is 50.7 Å². The molecule has 0 bridgehead atoms. The fourth-order valence-corrected chi connectivity index (χ4v) is 1.03. The lowest BCUT2D eigenvalue weighted by molar-refractivity contribution is -0.130. The SMILES string of the molecule is CCNCCC(=O)N(C)CCOCC. The van der Waals surface area contributed by atoms with Crippen LogP contribution in [0.3, 0.4) is 0 Å². The first-order valence-corrected chi connectivity index (χ1v) is 5.24. The summed E-state index contributed by atoms with van der Waals surface area (Å²) in [4.78, 5) is 13.2. The van der Waals surface area contributed by atoms with Crippen molar-refractivity contribution in [2.45, 2.75) is 20.3 Å². The van der Waals surface area contributed by atoms with Gasteiger partial charge in [0.2, 0.25) is 5.91 Å². The zero-order valence-corrected chi connectivity index (χ0v) is 9.51. The number of carbonyl (C=O) groups excluding carboxylic acids is 1. The van der Waals surface area contributed by atoms with Crippen LogP contribution in [0.1, 0.15) is 20.3 Å². The van der Waals surface area contributed by atoms with Crippen LogP contribution in [0.15, 0.2) is 0 Å². The molecule has 0 aromatic heterocycles. The standard InChI is InChI=1S/C10H22N2O2/c1-4-11-7-6-10(13)12(3)8-9-14-5-2/h11H,4-9H2,1-3H3. The van der Waals surface area contributed by atoms with Crippen molar-refractivity contribution in [1.82, 2.24) is 10.2 Å². The molecule has 1 N–H and O–H groups in total. The largest absolute Gasteiger partial charge is 0.380 e. The first-order valence-electron chi connectivity index (χ1n) is 5.24. The molecule has 14 heavy (non-hydrogen) atoms. The number of carbonyl (C=O) groups is 1. The van der Waals surface area contributed by atoms with E-state index in [2.05, 4.69) is 5.32 Å². The van der Waals surface area contributed by atoms with Gasteiger partial charge in [-0.1, -0.05) is 6.92 Å². The normalized spacial score (nSPS) is 10.2. The molecule has 0 atom stereocenters. The van der Waals surface area contributed by atoms with Crippen LogP contribution in [0, 0.1) is 0 Å². The number of nitrogens with zero attached hydrogens (tertiary/aromatic N) is 1. The molecule has 0 fully saturated rings. The highest BCUT2D eigenvalue weighted by atomic mass is 16.5. The second kappa shape index (κ2) is 8.97. The van der Waals surface area contributed by atoms with Crippen LogP contribution in [0.25, 0.3) is 0 Å². The van der Waals surface area contributed by atoms with Crippen molar-refractivity contribution in [2.75, 3.05) is 39.9 Å². The van der Waals surface area contributed by atoms with E-state index in [0.29, 0.717) is 26.2 Å². The summed E-state index contributed by atoms with van der Waals surface area (Å²) in [6.07, 6.45) is 0.566. The molecule has 0 heterocycles. The summed E-state index contributed by atoms with van der Waals surface area (Å²) in [6, 6.07) is 0. The highest BCUT2D eigenvalue weighted by molar-refractivity contribution is 5.76. The van der Waals surface area contributed by atoms with E-state index in [1.54, 1.807) is 4.90 Å². The monoisotopic (exact) mass is 202 g/mol. The van der Waals surface area contributed by atoms with Crippen molar-refractivity contribution in [3.8, 4) is 0 Å². The number of ether oxygens (including phenoxy) is 1. The summed E-state index contributed by atoms with van der Waals surface area (Å²) in [7, 11) is 1.81. The molecule has 0 aliphatic rings. The minimum absolute atomic E-state index is 0.172. The summed E-state index contributed by atoms with van der Waals surface area (Å²) in [6.45, 7) is 7.67. The fraction of sp³-hybridized carbons (Fsp3) is 0.900. The van der Waals surface area contributed by atoms with Gasteiger partial charge in [-0.25, -0.2) is 0 Å². The van der Waals surface area contributed by atoms with Gasteiger partial charge < -0.3 is 15.0 Å². The van der Waals surface area contributed by atoms with Gasteiger partial charge in [-0.2, -0.15) is 0 Å². The Morgan fingerprint density at radius 2 is 2.14 bits per heavy atom. The van der Waals surface area contributed by atoms with E-state index in [0.717, 1.165) is 13.1 Å². The topological polar surface area (TPSA) is 41.6 Å². The lowest BCUT2D eigenvalue weighted by Gasteiger charge is -2.16. The highest BCUT2D eigenvalue weighted by Crippen LogP contribution is 1.90. The van der Waals surface area contributed by atoms with Gasteiger partial charge in [0.05, 0.1) is 6.61 Å². The lowest BCUT2D eigenvalue weighted by Crippen LogP contribution is -2.32. The molecule has 0 aromatic rings. The van der Waals surface area contributed by atoms with Crippen molar-refractivity contribution >= 4 is 5.91 Å². The zero-order valence-electron chi connectivity index (χ0n) is 9.51. The number of hydrogen-bond acceptors (Lipinski definition) is 3. The maximum absolute atomic E-state index is 11.4. The molecule has 0 unspecified atom stereocenters. The molecule has 4 heteroatoms. The summed E-state index contributed by atoms with van der Waals surface area (Å²) in [5.74, 6) is 0.172. The van der Waals surface area contributed by atoms with Crippen LogP contribution < -0.4 is 5.32 Å². The molecule has 0 rings (SSSR count). The second-order valence-electron chi connectivity index (χ2n) is 3.12. The van der Waals surface area contributed by atoms with Gasteiger partial charge >= 0.3 is 0 Å². The summed E-state index contributed by atoms with van der Waals surface area (Å²) in [5, 5.41) is 3.12. The van der Waals surface area contributed by atoms with Crippen molar-refractivity contribution < 1.29 is 9.53 Å². The van der Waals surface area contributed by atoms with Gasteiger partial charge in [-0.05, 0) is 13.5 Å². The van der Waals surface area contributed by atoms with Crippen LogP contribution in [0.5, 0.6) is 0 Å². The van der Waals surface area contributed by atoms with Crippen LogP contribution >= 0.6 is 0 Å². The summed E-state index contributed by atoms with van der Waals surface area (Å²) < 4.78 is 5.17. The zero-order chi connectivity index (χ0) is 10.8. The van der Waals surface area contributed by atoms with Crippen LogP contribution in [0.4, 0.5) is 0 Å². The van der Waals surface area contributed by atoms with Crippen molar-refractivity contribution in [2.24, 2.45) is 0 Å². The smallest absolute Gasteiger partial charge is 0.223 e. The molecular weight excluding hydrogens is 180 g/mol. The lowest BCUT2D eigenvalue weighted by atomic mass is 10.3. The molecule has 0 saturated carbocycles. The van der Waals surface area contributed by atoms with Gasteiger partial charge in [-0.3, -0.25) is 4.79 Å². The van der Waals surface area contributed by atoms with Gasteiger partial charge in [-0.15, -0.1) is 0 Å². The van der Waals surface area contributed by atoms with E-state index < -0.39 is 0 Å². The Bertz CT molecular complexity index is 151. The Kier molecular flexibility index (Phi) is 8.57. The number of rotatable bonds is 8. The van der Waals surface area contributed by atoms with E-state index in [-0.39, 0.29) is 5.91 Å². The van der Waals surface area contributed by atoms with Crippen molar-refractivity contribution in [3.63, 3.8) is 0 Å². The van der Waals surface area contributed by atoms with Gasteiger partial charge in [0, 0.05) is 33.2 Å². The molecule has 1 amide bonds. The summed E-state index contributed by atoms with van der Waals surface area (Å²) in [5.41, 5.74) is 0. The average Bonchev–Trinajstić information content (AvgIpc) is 2.18. The predicted octanol–water partition coefficient (Wildman–Crippen LogP) is 0.481. The van der Waals surface area contributed by atoms with E-state index in [4.69, 9.17) is 4.74 Å². The predicted molar refractivity (Wildman–Crippen MR) is 57.3 cm³/mol. The first kappa shape index (κ1) is 13.4. The number of nitrogens with one attached hydrogen (secondary N) is 1. The van der Waals surface area contributed by atoms with Crippen LogP contribution in [-0.2, 0) is 9.53 Å². The molecule has 0 aliphatic heterocycles. The van der Waals surface area contributed by atoms with E-state index in [9.17, 15) is 4.79 Å². The molecule has 0 spiro atoms. The Morgan fingerprint density at radius 1 is 1.43 bits per heavy atom. The first-order chi connectivity index (χ1) is 6.72. The third-order valence-electron chi connectivity index (χ3n) is 1.97. The number of hydrogen-bond donors (Lipinski definition) is 1. The number of amides is 1. The maximum Gasteiger partial charge on any atom is 0.223 e. The Balaban J connectivity index is 3.44. The molecule has 4 nitrogen and oxygen atoms in total. The van der Waals surface area contributed by atoms with E-state index >= 15 is 0 Å². The van der Waals surface area contributed by atoms with Crippen molar-refractivity contribution in [3.05, 3.63) is 0 Å². The summed E-state index contributed by atoms with van der Waals surface area (Å²) >= 11 is 0. The molecule has 0 aliphatic carbocycles. The fourth-order valence-electron chi connectivity index (χ4n) is 1.03. The molecule has 0 aromatic carbocycles. The quantitative estimate of drug-likeness (QED) is 0.582. The minimum atomic E-state index is 0.172. The maximum atomic E-state index is 11.4. The minimum Gasteiger partial charge on any atom is -0.380 e. The van der Waals surface area contributed by atoms with E-state index in [1.165, 1.54) is 0 Å². The second-order valence-corrected chi connectivity index (χ2v) is 3.12. The third-order valence-corrected chi connectivity index (χ3v) is 1.97. The van der Waals surface area contributed by atoms with Crippen LogP contribution in [0.2, 0.25) is 0 Å². The molecule has 0 saturated heterocycles. The Hall–Kier alpha value is -0.610. The Morgan fingerprint density at radius 3 is 2.71 bits per heavy atom. The van der Waals surface area contributed by atoms with Crippen molar-refractivity contribution in [1.29, 1.82) is 0 Å². The van der Waals surface area contributed by atoms with E-state index in [1.807, 2.05) is 20.9 Å². The van der Waals surface area contributed by atoms with Gasteiger partial charge in [0.15, 0.2) is 0 Å². The molecule has 0 radical (unpaired) electrons. The average molecular weight is 202 g/mol. The third kappa shape index (κ3) is 6.86.